The van der Waals surface area contributed by atoms with E-state index in [1.165, 1.54) is 0 Å². The van der Waals surface area contributed by atoms with Gasteiger partial charge in [-0.15, -0.1) is 12.4 Å². The zero-order valence-electron chi connectivity index (χ0n) is 10.9. The van der Waals surface area contributed by atoms with Crippen LogP contribution >= 0.6 is 12.4 Å². The second kappa shape index (κ2) is 6.45. The van der Waals surface area contributed by atoms with Crippen LogP contribution in [-0.2, 0) is 4.79 Å². The minimum absolute atomic E-state index is 0. The van der Waals surface area contributed by atoms with Gasteiger partial charge in [0.2, 0.25) is 5.91 Å². The Kier molecular flexibility index (Phi) is 5.42. The Bertz CT molecular complexity index is 505. The van der Waals surface area contributed by atoms with Gasteiger partial charge in [0.25, 0.3) is 0 Å². The van der Waals surface area contributed by atoms with Gasteiger partial charge in [0, 0.05) is 12.1 Å². The minimum atomic E-state index is -1.28. The summed E-state index contributed by atoms with van der Waals surface area (Å²) in [5.41, 5.74) is -1.09. The minimum Gasteiger partial charge on any atom is -0.322 e. The molecule has 0 aliphatic carbocycles. The Morgan fingerprint density at radius 1 is 1.30 bits per heavy atom. The molecule has 1 heterocycles. The smallest absolute Gasteiger partial charge is 0.244 e. The summed E-state index contributed by atoms with van der Waals surface area (Å²) in [6, 6.07) is 1.08. The molecule has 1 aromatic carbocycles. The number of anilines is 1. The molecular formula is C13H16ClF3N2O. The summed E-state index contributed by atoms with van der Waals surface area (Å²) in [5, 5.41) is 5.41. The number of nitrogens with one attached hydrogen (secondary N) is 2. The van der Waals surface area contributed by atoms with Crippen LogP contribution in [0.1, 0.15) is 26.2 Å². The van der Waals surface area contributed by atoms with E-state index in [9.17, 15) is 18.0 Å². The van der Waals surface area contributed by atoms with Crippen LogP contribution in [0.5, 0.6) is 0 Å². The maximum Gasteiger partial charge on any atom is 0.244 e. The number of halogens is 4. The molecule has 2 N–H and O–H groups in total. The zero-order chi connectivity index (χ0) is 14.0. The molecule has 1 aromatic rings. The monoisotopic (exact) mass is 308 g/mol. The SMILES string of the molecule is CCC1(C(=O)Nc2cc(F)c(F)cc2F)CCCN1.Cl. The summed E-state index contributed by atoms with van der Waals surface area (Å²) in [7, 11) is 0. The first-order chi connectivity index (χ1) is 8.98. The number of hydrogen-bond donors (Lipinski definition) is 2. The lowest BCUT2D eigenvalue weighted by Gasteiger charge is -2.26. The van der Waals surface area contributed by atoms with Crippen LogP contribution in [0.3, 0.4) is 0 Å². The van der Waals surface area contributed by atoms with Gasteiger partial charge in [0.05, 0.1) is 11.2 Å². The van der Waals surface area contributed by atoms with Crippen molar-refractivity contribution in [2.24, 2.45) is 0 Å². The van der Waals surface area contributed by atoms with Crippen LogP contribution in [0.15, 0.2) is 12.1 Å². The van der Waals surface area contributed by atoms with Crippen LogP contribution in [0, 0.1) is 17.5 Å². The highest BCUT2D eigenvalue weighted by Gasteiger charge is 2.39. The van der Waals surface area contributed by atoms with Gasteiger partial charge >= 0.3 is 0 Å². The Morgan fingerprint density at radius 3 is 2.50 bits per heavy atom. The van der Waals surface area contributed by atoms with E-state index in [1.54, 1.807) is 0 Å². The Hall–Kier alpha value is -1.27. The van der Waals surface area contributed by atoms with Crippen LogP contribution in [0.2, 0.25) is 0 Å². The molecule has 1 atom stereocenters. The topological polar surface area (TPSA) is 41.1 Å². The third-order valence-electron chi connectivity index (χ3n) is 3.54. The Morgan fingerprint density at radius 2 is 1.95 bits per heavy atom. The highest BCUT2D eigenvalue weighted by Crippen LogP contribution is 2.26. The average Bonchev–Trinajstić information content (AvgIpc) is 2.86. The van der Waals surface area contributed by atoms with Crippen molar-refractivity contribution in [1.82, 2.24) is 5.32 Å². The Labute approximate surface area is 121 Å². The number of carbonyl (C=O) groups is 1. The largest absolute Gasteiger partial charge is 0.322 e. The molecule has 1 unspecified atom stereocenters. The van der Waals surface area contributed by atoms with Gasteiger partial charge in [0.15, 0.2) is 11.6 Å². The van der Waals surface area contributed by atoms with Crippen molar-refractivity contribution in [3.8, 4) is 0 Å². The second-order valence-electron chi connectivity index (χ2n) is 4.67. The molecule has 2 rings (SSSR count). The summed E-state index contributed by atoms with van der Waals surface area (Å²) in [6.07, 6.45) is 2.03. The molecule has 1 aliphatic rings. The molecule has 0 saturated carbocycles. The molecule has 3 nitrogen and oxygen atoms in total. The van der Waals surface area contributed by atoms with E-state index < -0.39 is 28.9 Å². The van der Waals surface area contributed by atoms with Crippen LogP contribution in [0.25, 0.3) is 0 Å². The normalized spacial score (nSPS) is 21.4. The number of benzene rings is 1. The third kappa shape index (κ3) is 3.07. The zero-order valence-corrected chi connectivity index (χ0v) is 11.8. The standard InChI is InChI=1S/C13H15F3N2O.ClH/c1-2-13(4-3-5-17-13)12(19)18-11-7-9(15)8(14)6-10(11)16;/h6-7,17H,2-5H2,1H3,(H,18,19);1H. The molecule has 1 amide bonds. The van der Waals surface area contributed by atoms with E-state index >= 15 is 0 Å². The molecule has 0 bridgehead atoms. The molecule has 7 heteroatoms. The van der Waals surface area contributed by atoms with Gasteiger partial charge in [0.1, 0.15) is 5.82 Å². The van der Waals surface area contributed by atoms with Gasteiger partial charge in [-0.05, 0) is 25.8 Å². The van der Waals surface area contributed by atoms with Gasteiger partial charge < -0.3 is 10.6 Å². The van der Waals surface area contributed by atoms with Crippen molar-refractivity contribution in [3.63, 3.8) is 0 Å². The van der Waals surface area contributed by atoms with E-state index in [1.807, 2.05) is 6.92 Å². The predicted octanol–water partition coefficient (Wildman–Crippen LogP) is 3.00. The lowest BCUT2D eigenvalue weighted by atomic mass is 9.93. The number of carbonyl (C=O) groups excluding carboxylic acids is 1. The number of hydrogen-bond acceptors (Lipinski definition) is 2. The van der Waals surface area contributed by atoms with Gasteiger partial charge in [-0.25, -0.2) is 13.2 Å². The summed E-state index contributed by atoms with van der Waals surface area (Å²) in [4.78, 5) is 12.2. The van der Waals surface area contributed by atoms with Gasteiger partial charge in [-0.1, -0.05) is 6.92 Å². The predicted molar refractivity (Wildman–Crippen MR) is 72.5 cm³/mol. The van der Waals surface area contributed by atoms with Crippen molar-refractivity contribution < 1.29 is 18.0 Å². The van der Waals surface area contributed by atoms with E-state index in [0.29, 0.717) is 31.5 Å². The highest BCUT2D eigenvalue weighted by atomic mass is 35.5. The van der Waals surface area contributed by atoms with E-state index in [0.717, 1.165) is 6.42 Å². The molecule has 20 heavy (non-hydrogen) atoms. The number of rotatable bonds is 3. The van der Waals surface area contributed by atoms with Gasteiger partial charge in [-0.3, -0.25) is 4.79 Å². The van der Waals surface area contributed by atoms with Crippen LogP contribution in [0.4, 0.5) is 18.9 Å². The molecule has 1 aliphatic heterocycles. The first-order valence-corrected chi connectivity index (χ1v) is 6.19. The third-order valence-corrected chi connectivity index (χ3v) is 3.54. The van der Waals surface area contributed by atoms with Crippen molar-refractivity contribution >= 4 is 24.0 Å². The van der Waals surface area contributed by atoms with Crippen molar-refractivity contribution in [3.05, 3.63) is 29.6 Å². The van der Waals surface area contributed by atoms with Gasteiger partial charge in [-0.2, -0.15) is 0 Å². The molecule has 1 fully saturated rings. The van der Waals surface area contributed by atoms with Crippen molar-refractivity contribution in [2.75, 3.05) is 11.9 Å². The molecule has 0 spiro atoms. The van der Waals surface area contributed by atoms with E-state index in [-0.39, 0.29) is 18.1 Å². The summed E-state index contributed by atoms with van der Waals surface area (Å²) in [6.45, 7) is 2.56. The highest BCUT2D eigenvalue weighted by molar-refractivity contribution is 5.98. The first-order valence-electron chi connectivity index (χ1n) is 6.19. The maximum absolute atomic E-state index is 13.5. The molecule has 0 radical (unpaired) electrons. The molecule has 0 aromatic heterocycles. The molecular weight excluding hydrogens is 293 g/mol. The van der Waals surface area contributed by atoms with Crippen LogP contribution < -0.4 is 10.6 Å². The quantitative estimate of drug-likeness (QED) is 0.843. The fourth-order valence-corrected chi connectivity index (χ4v) is 2.32. The maximum atomic E-state index is 13.5. The fraction of sp³-hybridized carbons (Fsp3) is 0.462. The van der Waals surface area contributed by atoms with Crippen LogP contribution in [-0.4, -0.2) is 18.0 Å². The fourth-order valence-electron chi connectivity index (χ4n) is 2.32. The van der Waals surface area contributed by atoms with Crippen molar-refractivity contribution in [2.45, 2.75) is 31.7 Å². The Balaban J connectivity index is 0.00000200. The first kappa shape index (κ1) is 16.8. The number of amides is 1. The average molecular weight is 309 g/mol. The lowest BCUT2D eigenvalue weighted by Crippen LogP contribution is -2.50. The molecule has 1 saturated heterocycles. The second-order valence-corrected chi connectivity index (χ2v) is 4.67. The molecule has 112 valence electrons. The summed E-state index contributed by atoms with van der Waals surface area (Å²) >= 11 is 0. The summed E-state index contributed by atoms with van der Waals surface area (Å²) < 4.78 is 39.3. The van der Waals surface area contributed by atoms with E-state index in [2.05, 4.69) is 10.6 Å². The van der Waals surface area contributed by atoms with Crippen molar-refractivity contribution in [1.29, 1.82) is 0 Å². The lowest BCUT2D eigenvalue weighted by molar-refractivity contribution is -0.122. The van der Waals surface area contributed by atoms with E-state index in [4.69, 9.17) is 0 Å². The summed E-state index contributed by atoms with van der Waals surface area (Å²) in [5.74, 6) is -3.88.